The largest absolute Gasteiger partial charge is 0.507 e. The van der Waals surface area contributed by atoms with Crippen molar-refractivity contribution in [2.45, 2.75) is 6.92 Å². The second kappa shape index (κ2) is 9.76. The number of benzene rings is 4. The van der Waals surface area contributed by atoms with Crippen LogP contribution in [0.15, 0.2) is 78.9 Å². The number of rotatable bonds is 3. The van der Waals surface area contributed by atoms with E-state index in [0.29, 0.717) is 16.9 Å². The van der Waals surface area contributed by atoms with Crippen LogP contribution in [0.25, 0.3) is 0 Å². The molecule has 0 fully saturated rings. The molecule has 3 N–H and O–H groups in total. The van der Waals surface area contributed by atoms with E-state index in [2.05, 4.69) is 0 Å². The zero-order valence-electron chi connectivity index (χ0n) is 19.5. The fourth-order valence-electron chi connectivity index (χ4n) is 4.00. The average molecular weight is 482 g/mol. The summed E-state index contributed by atoms with van der Waals surface area (Å²) in [6.07, 6.45) is 0. The fraction of sp³-hybridized carbons (Fsp3) is 0.0690. The van der Waals surface area contributed by atoms with Crippen molar-refractivity contribution in [2.75, 3.05) is 7.11 Å². The molecule has 4 aromatic rings. The number of carbonyl (C=O) groups is 3. The summed E-state index contributed by atoms with van der Waals surface area (Å²) in [5.41, 5.74) is 1.79. The molecule has 0 aromatic heterocycles. The highest BCUT2D eigenvalue weighted by Gasteiger charge is 2.34. The van der Waals surface area contributed by atoms with Gasteiger partial charge in [0.25, 0.3) is 0 Å². The maximum atomic E-state index is 12.3. The first-order chi connectivity index (χ1) is 17.2. The Morgan fingerprint density at radius 3 is 2.06 bits per heavy atom. The number of methoxy groups -OCH3 is 1. The quantitative estimate of drug-likeness (QED) is 0.316. The van der Waals surface area contributed by atoms with Crippen molar-refractivity contribution in [3.63, 3.8) is 0 Å². The molecule has 7 nitrogen and oxygen atoms in total. The van der Waals surface area contributed by atoms with Gasteiger partial charge >= 0.3 is 0 Å². The van der Waals surface area contributed by atoms with E-state index in [4.69, 9.17) is 4.74 Å². The summed E-state index contributed by atoms with van der Waals surface area (Å²) in [4.78, 5) is 36.7. The van der Waals surface area contributed by atoms with Gasteiger partial charge in [-0.15, -0.1) is 0 Å². The number of carbonyl (C=O) groups excluding carboxylic acids is 3. The van der Waals surface area contributed by atoms with Gasteiger partial charge in [0.05, 0.1) is 23.8 Å². The van der Waals surface area contributed by atoms with Crippen LogP contribution in [0.1, 0.15) is 53.3 Å². The Morgan fingerprint density at radius 1 is 0.694 bits per heavy atom. The van der Waals surface area contributed by atoms with Gasteiger partial charge in [-0.2, -0.15) is 0 Å². The van der Waals surface area contributed by atoms with Gasteiger partial charge in [-0.05, 0) is 42.8 Å². The lowest BCUT2D eigenvalue weighted by Gasteiger charge is -2.19. The van der Waals surface area contributed by atoms with Crippen molar-refractivity contribution in [2.24, 2.45) is 0 Å². The molecule has 0 heterocycles. The first kappa shape index (κ1) is 24.2. The van der Waals surface area contributed by atoms with E-state index in [1.54, 1.807) is 49.4 Å². The third-order valence-corrected chi connectivity index (χ3v) is 5.73. The summed E-state index contributed by atoms with van der Waals surface area (Å²) in [6, 6.07) is 20.8. The van der Waals surface area contributed by atoms with Gasteiger partial charge < -0.3 is 20.1 Å². The van der Waals surface area contributed by atoms with E-state index in [-0.39, 0.29) is 56.6 Å². The van der Waals surface area contributed by atoms with Crippen molar-refractivity contribution < 1.29 is 34.4 Å². The first-order valence-corrected chi connectivity index (χ1v) is 10.9. The summed E-state index contributed by atoms with van der Waals surface area (Å²) in [6.45, 7) is 1.73. The number of aryl methyl sites for hydroxylation is 1. The highest BCUT2D eigenvalue weighted by molar-refractivity contribution is 6.30. The van der Waals surface area contributed by atoms with Crippen molar-refractivity contribution in [3.05, 3.63) is 118 Å². The summed E-state index contributed by atoms with van der Waals surface area (Å²) < 4.78 is 4.96. The Bertz CT molecular complexity index is 1500. The molecular weight excluding hydrogens is 460 g/mol. The van der Waals surface area contributed by atoms with Crippen molar-refractivity contribution in [1.29, 1.82) is 0 Å². The van der Waals surface area contributed by atoms with Gasteiger partial charge in [-0.3, -0.25) is 14.4 Å². The number of phenols is 3. The van der Waals surface area contributed by atoms with Gasteiger partial charge in [0.1, 0.15) is 23.0 Å². The second-order valence-electron chi connectivity index (χ2n) is 8.14. The lowest BCUT2D eigenvalue weighted by atomic mass is 9.82. The van der Waals surface area contributed by atoms with Crippen molar-refractivity contribution in [3.8, 4) is 23.0 Å². The Labute approximate surface area is 206 Å². The molecule has 4 aromatic carbocycles. The SMILES string of the molecule is COc1ccc(C(=O)c2ccccc2)c(O)c1.Cc1cc(O)c2c(c1)C(=O)c1cccc(O)c1C2=O. The molecule has 0 radical (unpaired) electrons. The molecule has 1 aliphatic carbocycles. The van der Waals surface area contributed by atoms with Crippen LogP contribution in [0.3, 0.4) is 0 Å². The highest BCUT2D eigenvalue weighted by Crippen LogP contribution is 2.36. The maximum absolute atomic E-state index is 12.3. The number of hydrogen-bond donors (Lipinski definition) is 3. The standard InChI is InChI=1S/C15H10O4.C14H12O3/c1-7-5-9-13(11(17)6-7)15(19)12-8(14(9)18)3-2-4-10(12)16;1-17-11-7-8-12(13(15)9-11)14(16)10-5-3-2-4-6-10/h2-6,16-17H,1H3;2-9,15H,1H3. The minimum Gasteiger partial charge on any atom is -0.507 e. The molecule has 0 amide bonds. The third-order valence-electron chi connectivity index (χ3n) is 5.73. The molecule has 0 aliphatic heterocycles. The number of hydrogen-bond acceptors (Lipinski definition) is 7. The summed E-state index contributed by atoms with van der Waals surface area (Å²) in [5, 5.41) is 29.4. The summed E-state index contributed by atoms with van der Waals surface area (Å²) in [7, 11) is 1.51. The van der Waals surface area contributed by atoms with Crippen LogP contribution in [-0.4, -0.2) is 39.8 Å². The molecule has 180 valence electrons. The van der Waals surface area contributed by atoms with E-state index in [9.17, 15) is 29.7 Å². The van der Waals surface area contributed by atoms with Crippen LogP contribution in [-0.2, 0) is 0 Å². The molecule has 0 bridgehead atoms. The highest BCUT2D eigenvalue weighted by atomic mass is 16.5. The van der Waals surface area contributed by atoms with Crippen LogP contribution in [0.4, 0.5) is 0 Å². The predicted molar refractivity (Wildman–Crippen MR) is 132 cm³/mol. The Morgan fingerprint density at radius 2 is 1.39 bits per heavy atom. The molecule has 1 aliphatic rings. The van der Waals surface area contributed by atoms with E-state index in [1.165, 1.54) is 37.4 Å². The monoisotopic (exact) mass is 482 g/mol. The van der Waals surface area contributed by atoms with Crippen LogP contribution >= 0.6 is 0 Å². The molecule has 5 rings (SSSR count). The van der Waals surface area contributed by atoms with Crippen molar-refractivity contribution >= 4 is 17.3 Å². The predicted octanol–water partition coefficient (Wildman–Crippen LogP) is 4.81. The smallest absolute Gasteiger partial charge is 0.201 e. The minimum atomic E-state index is -0.528. The number of phenolic OH excluding ortho intramolecular Hbond substituents is 3. The fourth-order valence-corrected chi connectivity index (χ4v) is 4.00. The second-order valence-corrected chi connectivity index (χ2v) is 8.14. The van der Waals surface area contributed by atoms with Gasteiger partial charge in [-0.1, -0.05) is 42.5 Å². The minimum absolute atomic E-state index is 0.0374. The Hall–Kier alpha value is -4.91. The van der Waals surface area contributed by atoms with Crippen molar-refractivity contribution in [1.82, 2.24) is 0 Å². The average Bonchev–Trinajstić information content (AvgIpc) is 2.87. The van der Waals surface area contributed by atoms with E-state index < -0.39 is 5.78 Å². The first-order valence-electron chi connectivity index (χ1n) is 10.9. The Balaban J connectivity index is 0.000000170. The van der Waals surface area contributed by atoms with Gasteiger partial charge in [-0.25, -0.2) is 0 Å². The summed E-state index contributed by atoms with van der Waals surface area (Å²) >= 11 is 0. The topological polar surface area (TPSA) is 121 Å². The number of fused-ring (bicyclic) bond motifs is 2. The normalized spacial score (nSPS) is 11.6. The van der Waals surface area contributed by atoms with Crippen LogP contribution in [0.5, 0.6) is 23.0 Å². The number of aromatic hydroxyl groups is 3. The molecule has 0 unspecified atom stereocenters. The molecule has 7 heteroatoms. The lowest BCUT2D eigenvalue weighted by molar-refractivity contribution is 0.0974. The number of ether oxygens (including phenoxy) is 1. The van der Waals surface area contributed by atoms with Crippen LogP contribution in [0.2, 0.25) is 0 Å². The van der Waals surface area contributed by atoms with Crippen LogP contribution in [0, 0.1) is 6.92 Å². The molecule has 0 saturated heterocycles. The number of ketones is 3. The van der Waals surface area contributed by atoms with Gasteiger partial charge in [0, 0.05) is 22.8 Å². The molecule has 0 saturated carbocycles. The van der Waals surface area contributed by atoms with E-state index in [0.717, 1.165) is 0 Å². The van der Waals surface area contributed by atoms with Gasteiger partial charge in [0.2, 0.25) is 5.78 Å². The zero-order valence-corrected chi connectivity index (χ0v) is 19.5. The maximum Gasteiger partial charge on any atom is 0.201 e. The molecule has 0 spiro atoms. The Kier molecular flexibility index (Phi) is 6.56. The zero-order chi connectivity index (χ0) is 26.0. The van der Waals surface area contributed by atoms with E-state index in [1.807, 2.05) is 6.07 Å². The molecule has 0 atom stereocenters. The third kappa shape index (κ3) is 4.42. The van der Waals surface area contributed by atoms with Gasteiger partial charge in [0.15, 0.2) is 11.6 Å². The summed E-state index contributed by atoms with van der Waals surface area (Å²) in [5.74, 6) is -1.13. The lowest BCUT2D eigenvalue weighted by Crippen LogP contribution is -2.21. The van der Waals surface area contributed by atoms with Crippen LogP contribution < -0.4 is 4.74 Å². The molecular formula is C29H22O7. The molecule has 36 heavy (non-hydrogen) atoms. The van der Waals surface area contributed by atoms with E-state index >= 15 is 0 Å².